The second-order valence-electron chi connectivity index (χ2n) is 4.77. The van der Waals surface area contributed by atoms with Gasteiger partial charge < -0.3 is 4.90 Å². The molecule has 0 atom stereocenters. The van der Waals surface area contributed by atoms with Gasteiger partial charge in [0.15, 0.2) is 0 Å². The molecule has 0 aromatic heterocycles. The molecule has 0 amide bonds. The zero-order valence-electron chi connectivity index (χ0n) is 10.3. The summed E-state index contributed by atoms with van der Waals surface area (Å²) in [6.45, 7) is 5.59. The molecule has 0 heterocycles. The first-order valence-electron chi connectivity index (χ1n) is 5.87. The van der Waals surface area contributed by atoms with Crippen LogP contribution in [0.4, 0.5) is 5.69 Å². The lowest BCUT2D eigenvalue weighted by Crippen LogP contribution is -2.22. The second-order valence-corrected chi connectivity index (χ2v) is 4.77. The first-order chi connectivity index (χ1) is 7.68. The molecule has 0 aliphatic rings. The van der Waals surface area contributed by atoms with Crippen LogP contribution in [-0.4, -0.2) is 13.6 Å². The lowest BCUT2D eigenvalue weighted by Gasteiger charge is -2.23. The molecule has 84 valence electrons. The minimum absolute atomic E-state index is 0.684. The summed E-state index contributed by atoms with van der Waals surface area (Å²) in [5.74, 6) is 0.684. The predicted molar refractivity (Wildman–Crippen MR) is 72.1 cm³/mol. The van der Waals surface area contributed by atoms with Crippen LogP contribution in [0.5, 0.6) is 0 Å². The molecule has 0 unspecified atom stereocenters. The minimum Gasteiger partial charge on any atom is -0.374 e. The van der Waals surface area contributed by atoms with Crippen molar-refractivity contribution in [1.82, 2.24) is 0 Å². The number of nitrogens with zero attached hydrogens (tertiary/aromatic N) is 1. The standard InChI is InChI=1S/C15H19N/c1-12(2)11-16(3)15-10-6-8-13-7-4-5-9-14(13)15/h4-10,12H,11H2,1-3H3. The van der Waals surface area contributed by atoms with E-state index in [1.54, 1.807) is 0 Å². The molecular formula is C15H19N. The number of hydrogen-bond acceptors (Lipinski definition) is 1. The molecule has 0 aliphatic heterocycles. The van der Waals surface area contributed by atoms with Crippen molar-refractivity contribution in [2.24, 2.45) is 5.92 Å². The summed E-state index contributed by atoms with van der Waals surface area (Å²) in [4.78, 5) is 2.34. The maximum atomic E-state index is 2.34. The van der Waals surface area contributed by atoms with E-state index in [1.807, 2.05) is 0 Å². The van der Waals surface area contributed by atoms with Crippen LogP contribution in [0, 0.1) is 5.92 Å². The third kappa shape index (κ3) is 2.19. The van der Waals surface area contributed by atoms with Crippen LogP contribution in [-0.2, 0) is 0 Å². The highest BCUT2D eigenvalue weighted by atomic mass is 15.1. The SMILES string of the molecule is CC(C)CN(C)c1cccc2ccccc12. The van der Waals surface area contributed by atoms with Crippen molar-refractivity contribution < 1.29 is 0 Å². The average Bonchev–Trinajstić information content (AvgIpc) is 2.27. The Labute approximate surface area is 97.7 Å². The Morgan fingerprint density at radius 2 is 1.69 bits per heavy atom. The normalized spacial score (nSPS) is 11.0. The van der Waals surface area contributed by atoms with Gasteiger partial charge in [0, 0.05) is 24.7 Å². The molecule has 0 saturated heterocycles. The minimum atomic E-state index is 0.684. The Morgan fingerprint density at radius 1 is 1.00 bits per heavy atom. The van der Waals surface area contributed by atoms with Gasteiger partial charge in [-0.3, -0.25) is 0 Å². The largest absolute Gasteiger partial charge is 0.374 e. The van der Waals surface area contributed by atoms with Gasteiger partial charge in [0.2, 0.25) is 0 Å². The Hall–Kier alpha value is -1.50. The molecule has 0 aliphatic carbocycles. The Kier molecular flexibility index (Phi) is 3.14. The smallest absolute Gasteiger partial charge is 0.0443 e. The molecule has 0 radical (unpaired) electrons. The lowest BCUT2D eigenvalue weighted by atomic mass is 10.1. The first-order valence-corrected chi connectivity index (χ1v) is 5.87. The molecule has 0 fully saturated rings. The highest BCUT2D eigenvalue weighted by Gasteiger charge is 2.06. The summed E-state index contributed by atoms with van der Waals surface area (Å²) < 4.78 is 0. The van der Waals surface area contributed by atoms with Gasteiger partial charge in [0.05, 0.1) is 0 Å². The zero-order valence-corrected chi connectivity index (χ0v) is 10.3. The number of rotatable bonds is 3. The Balaban J connectivity index is 2.44. The van der Waals surface area contributed by atoms with Crippen molar-refractivity contribution in [3.05, 3.63) is 42.5 Å². The van der Waals surface area contributed by atoms with Crippen LogP contribution < -0.4 is 4.90 Å². The van der Waals surface area contributed by atoms with Crippen LogP contribution >= 0.6 is 0 Å². The maximum absolute atomic E-state index is 2.34. The van der Waals surface area contributed by atoms with Crippen molar-refractivity contribution in [3.63, 3.8) is 0 Å². The molecule has 1 heteroatoms. The predicted octanol–water partition coefficient (Wildman–Crippen LogP) is 3.93. The molecule has 0 bridgehead atoms. The van der Waals surface area contributed by atoms with Crippen molar-refractivity contribution in [3.8, 4) is 0 Å². The third-order valence-electron chi connectivity index (χ3n) is 2.82. The molecule has 0 N–H and O–H groups in total. The fourth-order valence-corrected chi connectivity index (χ4v) is 2.19. The average molecular weight is 213 g/mol. The molecule has 0 spiro atoms. The van der Waals surface area contributed by atoms with Crippen LogP contribution in [0.15, 0.2) is 42.5 Å². The summed E-state index contributed by atoms with van der Waals surface area (Å²) >= 11 is 0. The van der Waals surface area contributed by atoms with E-state index in [2.05, 4.69) is 68.3 Å². The topological polar surface area (TPSA) is 3.24 Å². The summed E-state index contributed by atoms with van der Waals surface area (Å²) in [5.41, 5.74) is 1.33. The second kappa shape index (κ2) is 4.56. The van der Waals surface area contributed by atoms with Crippen molar-refractivity contribution in [2.45, 2.75) is 13.8 Å². The van der Waals surface area contributed by atoms with Gasteiger partial charge in [-0.15, -0.1) is 0 Å². The highest BCUT2D eigenvalue weighted by Crippen LogP contribution is 2.26. The van der Waals surface area contributed by atoms with Gasteiger partial charge in [0.25, 0.3) is 0 Å². The van der Waals surface area contributed by atoms with E-state index in [-0.39, 0.29) is 0 Å². The van der Waals surface area contributed by atoms with Gasteiger partial charge in [0.1, 0.15) is 0 Å². The molecule has 2 aromatic rings. The van der Waals surface area contributed by atoms with Crippen LogP contribution in [0.3, 0.4) is 0 Å². The first kappa shape index (κ1) is 11.0. The van der Waals surface area contributed by atoms with E-state index < -0.39 is 0 Å². The monoisotopic (exact) mass is 213 g/mol. The number of anilines is 1. The molecule has 1 nitrogen and oxygen atoms in total. The number of hydrogen-bond donors (Lipinski definition) is 0. The molecule has 0 saturated carbocycles. The number of benzene rings is 2. The van der Waals surface area contributed by atoms with Gasteiger partial charge in [-0.2, -0.15) is 0 Å². The molecular weight excluding hydrogens is 194 g/mol. The summed E-state index contributed by atoms with van der Waals surface area (Å²) in [7, 11) is 2.17. The summed E-state index contributed by atoms with van der Waals surface area (Å²) in [6.07, 6.45) is 0. The molecule has 2 rings (SSSR count). The van der Waals surface area contributed by atoms with E-state index in [0.29, 0.717) is 5.92 Å². The fourth-order valence-electron chi connectivity index (χ4n) is 2.19. The van der Waals surface area contributed by atoms with E-state index in [0.717, 1.165) is 6.54 Å². The Morgan fingerprint density at radius 3 is 2.44 bits per heavy atom. The third-order valence-corrected chi connectivity index (χ3v) is 2.82. The van der Waals surface area contributed by atoms with Gasteiger partial charge in [-0.1, -0.05) is 50.2 Å². The van der Waals surface area contributed by atoms with E-state index in [9.17, 15) is 0 Å². The van der Waals surface area contributed by atoms with Gasteiger partial charge in [-0.05, 0) is 17.4 Å². The fraction of sp³-hybridized carbons (Fsp3) is 0.333. The van der Waals surface area contributed by atoms with Crippen LogP contribution in [0.1, 0.15) is 13.8 Å². The van der Waals surface area contributed by atoms with Crippen molar-refractivity contribution >= 4 is 16.5 Å². The van der Waals surface area contributed by atoms with Crippen molar-refractivity contribution in [1.29, 1.82) is 0 Å². The van der Waals surface area contributed by atoms with Crippen LogP contribution in [0.25, 0.3) is 10.8 Å². The van der Waals surface area contributed by atoms with Gasteiger partial charge >= 0.3 is 0 Å². The van der Waals surface area contributed by atoms with E-state index >= 15 is 0 Å². The number of fused-ring (bicyclic) bond motifs is 1. The summed E-state index contributed by atoms with van der Waals surface area (Å²) in [5, 5.41) is 2.66. The molecule has 2 aromatic carbocycles. The summed E-state index contributed by atoms with van der Waals surface area (Å²) in [6, 6.07) is 15.1. The van der Waals surface area contributed by atoms with Crippen LogP contribution in [0.2, 0.25) is 0 Å². The van der Waals surface area contributed by atoms with Crippen molar-refractivity contribution in [2.75, 3.05) is 18.5 Å². The lowest BCUT2D eigenvalue weighted by molar-refractivity contribution is 0.639. The van der Waals surface area contributed by atoms with E-state index in [4.69, 9.17) is 0 Å². The maximum Gasteiger partial charge on any atom is 0.0443 e. The molecule has 16 heavy (non-hydrogen) atoms. The zero-order chi connectivity index (χ0) is 11.5. The Bertz CT molecular complexity index is 468. The van der Waals surface area contributed by atoms with Gasteiger partial charge in [-0.25, -0.2) is 0 Å². The highest BCUT2D eigenvalue weighted by molar-refractivity contribution is 5.94. The quantitative estimate of drug-likeness (QED) is 0.746. The van der Waals surface area contributed by atoms with E-state index in [1.165, 1.54) is 16.5 Å².